The van der Waals surface area contributed by atoms with Crippen molar-refractivity contribution in [2.24, 2.45) is 0 Å². The fourth-order valence-electron chi connectivity index (χ4n) is 1.15. The van der Waals surface area contributed by atoms with E-state index in [9.17, 15) is 0 Å². The standard InChI is InChI=1S/C9H12BrNO3/c1-12-9(13-2,14-3)8-7(10)5-4-6-11-8/h4-6H,1-3H3. The van der Waals surface area contributed by atoms with Crippen LogP contribution in [0, 0.1) is 0 Å². The molecule has 0 amide bonds. The molecule has 0 bridgehead atoms. The first kappa shape index (κ1) is 11.6. The summed E-state index contributed by atoms with van der Waals surface area (Å²) in [7, 11) is 4.48. The first-order chi connectivity index (χ1) is 6.70. The van der Waals surface area contributed by atoms with Crippen LogP contribution >= 0.6 is 15.9 Å². The van der Waals surface area contributed by atoms with Gasteiger partial charge in [-0.25, -0.2) is 0 Å². The van der Waals surface area contributed by atoms with Crippen LogP contribution in [0.3, 0.4) is 0 Å². The average molecular weight is 262 g/mol. The third-order valence-electron chi connectivity index (χ3n) is 1.85. The molecule has 0 aromatic carbocycles. The van der Waals surface area contributed by atoms with Crippen molar-refractivity contribution in [3.05, 3.63) is 28.5 Å². The van der Waals surface area contributed by atoms with Crippen LogP contribution in [0.2, 0.25) is 0 Å². The molecular weight excluding hydrogens is 250 g/mol. The number of methoxy groups -OCH3 is 3. The van der Waals surface area contributed by atoms with Gasteiger partial charge in [-0.15, -0.1) is 0 Å². The maximum Gasteiger partial charge on any atom is 0.330 e. The van der Waals surface area contributed by atoms with Crippen molar-refractivity contribution in [1.29, 1.82) is 0 Å². The van der Waals surface area contributed by atoms with E-state index >= 15 is 0 Å². The predicted molar refractivity (Wildman–Crippen MR) is 54.6 cm³/mol. The van der Waals surface area contributed by atoms with Crippen LogP contribution in [0.5, 0.6) is 0 Å². The molecule has 0 atom stereocenters. The molecule has 0 saturated carbocycles. The highest BCUT2D eigenvalue weighted by atomic mass is 79.9. The monoisotopic (exact) mass is 261 g/mol. The highest BCUT2D eigenvalue weighted by molar-refractivity contribution is 9.10. The zero-order chi connectivity index (χ0) is 10.6. The van der Waals surface area contributed by atoms with Gasteiger partial charge in [0.05, 0.1) is 0 Å². The Hall–Kier alpha value is -0.490. The van der Waals surface area contributed by atoms with Crippen LogP contribution < -0.4 is 0 Å². The minimum absolute atomic E-state index is 0.549. The maximum absolute atomic E-state index is 5.17. The third kappa shape index (κ3) is 1.95. The summed E-state index contributed by atoms with van der Waals surface area (Å²) in [5, 5.41) is 0. The fraction of sp³-hybridized carbons (Fsp3) is 0.444. The molecule has 0 fully saturated rings. The van der Waals surface area contributed by atoms with Gasteiger partial charge in [0.2, 0.25) is 0 Å². The van der Waals surface area contributed by atoms with Gasteiger partial charge < -0.3 is 14.2 Å². The van der Waals surface area contributed by atoms with Crippen LogP contribution in [0.15, 0.2) is 22.8 Å². The molecule has 4 nitrogen and oxygen atoms in total. The molecule has 1 rings (SSSR count). The summed E-state index contributed by atoms with van der Waals surface area (Å²) >= 11 is 3.35. The van der Waals surface area contributed by atoms with Crippen molar-refractivity contribution in [1.82, 2.24) is 4.98 Å². The topological polar surface area (TPSA) is 40.6 Å². The van der Waals surface area contributed by atoms with Gasteiger partial charge in [-0.05, 0) is 28.1 Å². The molecule has 0 unspecified atom stereocenters. The summed E-state index contributed by atoms with van der Waals surface area (Å²) in [6.07, 6.45) is 1.64. The molecule has 1 heterocycles. The van der Waals surface area contributed by atoms with E-state index in [1.54, 1.807) is 12.3 Å². The first-order valence-corrected chi connectivity index (χ1v) is 4.76. The van der Waals surface area contributed by atoms with E-state index < -0.39 is 5.97 Å². The summed E-state index contributed by atoms with van der Waals surface area (Å²) in [6, 6.07) is 3.65. The van der Waals surface area contributed by atoms with Gasteiger partial charge in [0, 0.05) is 32.0 Å². The van der Waals surface area contributed by atoms with E-state index in [1.165, 1.54) is 21.3 Å². The summed E-state index contributed by atoms with van der Waals surface area (Å²) in [5.74, 6) is -1.25. The summed E-state index contributed by atoms with van der Waals surface area (Å²) < 4.78 is 16.3. The van der Waals surface area contributed by atoms with Crippen LogP contribution in [-0.2, 0) is 20.2 Å². The van der Waals surface area contributed by atoms with Gasteiger partial charge in [0.1, 0.15) is 5.69 Å². The Balaban J connectivity index is 3.17. The van der Waals surface area contributed by atoms with E-state index in [0.29, 0.717) is 5.69 Å². The lowest BCUT2D eigenvalue weighted by atomic mass is 10.3. The number of aromatic nitrogens is 1. The highest BCUT2D eigenvalue weighted by Crippen LogP contribution is 2.30. The molecule has 0 aliphatic carbocycles. The maximum atomic E-state index is 5.17. The first-order valence-electron chi connectivity index (χ1n) is 3.96. The minimum atomic E-state index is -1.25. The van der Waals surface area contributed by atoms with E-state index in [0.717, 1.165) is 4.47 Å². The fourth-order valence-corrected chi connectivity index (χ4v) is 1.65. The van der Waals surface area contributed by atoms with Crippen LogP contribution in [0.4, 0.5) is 0 Å². The number of rotatable bonds is 4. The van der Waals surface area contributed by atoms with Crippen molar-refractivity contribution in [3.8, 4) is 0 Å². The molecule has 0 aliphatic rings. The van der Waals surface area contributed by atoms with Crippen molar-refractivity contribution in [3.63, 3.8) is 0 Å². The second kappa shape index (κ2) is 4.84. The zero-order valence-corrected chi connectivity index (χ0v) is 9.87. The van der Waals surface area contributed by atoms with Crippen molar-refractivity contribution in [2.75, 3.05) is 21.3 Å². The average Bonchev–Trinajstić information content (AvgIpc) is 2.24. The zero-order valence-electron chi connectivity index (χ0n) is 8.28. The molecule has 0 spiro atoms. The van der Waals surface area contributed by atoms with E-state index in [-0.39, 0.29) is 0 Å². The quantitative estimate of drug-likeness (QED) is 0.777. The second-order valence-corrected chi connectivity index (χ2v) is 3.36. The molecule has 5 heteroatoms. The SMILES string of the molecule is COC(OC)(OC)c1ncccc1Br. The molecule has 0 aliphatic heterocycles. The van der Waals surface area contributed by atoms with Crippen molar-refractivity contribution < 1.29 is 14.2 Å². The second-order valence-electron chi connectivity index (χ2n) is 2.50. The minimum Gasteiger partial charge on any atom is -0.326 e. The van der Waals surface area contributed by atoms with Gasteiger partial charge >= 0.3 is 5.97 Å². The Morgan fingerprint density at radius 3 is 2.21 bits per heavy atom. The molecule has 0 N–H and O–H groups in total. The van der Waals surface area contributed by atoms with E-state index in [1.807, 2.05) is 6.07 Å². The molecule has 14 heavy (non-hydrogen) atoms. The smallest absolute Gasteiger partial charge is 0.326 e. The lowest BCUT2D eigenvalue weighted by molar-refractivity contribution is -0.367. The van der Waals surface area contributed by atoms with Gasteiger partial charge in [-0.3, -0.25) is 4.98 Å². The molecule has 1 aromatic rings. The van der Waals surface area contributed by atoms with Crippen LogP contribution in [0.1, 0.15) is 5.69 Å². The summed E-state index contributed by atoms with van der Waals surface area (Å²) in [4.78, 5) is 4.14. The number of nitrogens with zero attached hydrogens (tertiary/aromatic N) is 1. The normalized spacial score (nSPS) is 11.7. The molecule has 0 radical (unpaired) electrons. The van der Waals surface area contributed by atoms with Gasteiger partial charge in [-0.1, -0.05) is 0 Å². The number of hydrogen-bond acceptors (Lipinski definition) is 4. The lowest BCUT2D eigenvalue weighted by Gasteiger charge is -2.28. The van der Waals surface area contributed by atoms with Gasteiger partial charge in [-0.2, -0.15) is 0 Å². The number of hydrogen-bond donors (Lipinski definition) is 0. The third-order valence-corrected chi connectivity index (χ3v) is 2.49. The molecule has 1 aromatic heterocycles. The molecule has 0 saturated heterocycles. The Labute approximate surface area is 91.3 Å². The Morgan fingerprint density at radius 1 is 1.21 bits per heavy atom. The highest BCUT2D eigenvalue weighted by Gasteiger charge is 2.36. The molecular formula is C9H12BrNO3. The number of halogens is 1. The summed E-state index contributed by atoms with van der Waals surface area (Å²) in [5.41, 5.74) is 0.549. The van der Waals surface area contributed by atoms with Crippen molar-refractivity contribution >= 4 is 15.9 Å². The largest absolute Gasteiger partial charge is 0.330 e. The van der Waals surface area contributed by atoms with E-state index in [2.05, 4.69) is 20.9 Å². The van der Waals surface area contributed by atoms with Gasteiger partial charge in [0.25, 0.3) is 0 Å². The van der Waals surface area contributed by atoms with Crippen molar-refractivity contribution in [2.45, 2.75) is 5.97 Å². The predicted octanol–water partition coefficient (Wildman–Crippen LogP) is 1.89. The Kier molecular flexibility index (Phi) is 4.00. The van der Waals surface area contributed by atoms with E-state index in [4.69, 9.17) is 14.2 Å². The van der Waals surface area contributed by atoms with Crippen LogP contribution in [0.25, 0.3) is 0 Å². The Morgan fingerprint density at radius 2 is 1.79 bits per heavy atom. The number of ether oxygens (including phenoxy) is 3. The number of pyridine rings is 1. The summed E-state index contributed by atoms with van der Waals surface area (Å²) in [6.45, 7) is 0. The van der Waals surface area contributed by atoms with Crippen LogP contribution in [-0.4, -0.2) is 26.3 Å². The lowest BCUT2D eigenvalue weighted by Crippen LogP contribution is -2.34. The Bertz CT molecular complexity index is 294. The van der Waals surface area contributed by atoms with Gasteiger partial charge in [0.15, 0.2) is 0 Å². The molecule has 78 valence electrons.